The lowest BCUT2D eigenvalue weighted by Gasteiger charge is -2.40. The lowest BCUT2D eigenvalue weighted by atomic mass is 9.73. The number of hydrogen-bond acceptors (Lipinski definition) is 2. The number of hydrogen-bond donors (Lipinski definition) is 2. The second-order valence-corrected chi connectivity index (χ2v) is 6.22. The molecule has 0 radical (unpaired) electrons. The number of aliphatic hydroxyl groups is 1. The number of aliphatic hydroxyl groups excluding tert-OH is 1. The first-order valence-electron chi connectivity index (χ1n) is 7.45. The highest BCUT2D eigenvalue weighted by molar-refractivity contribution is 4.87. The maximum Gasteiger partial charge on any atom is 0.0445 e. The zero-order chi connectivity index (χ0) is 12.8. The van der Waals surface area contributed by atoms with Crippen LogP contribution < -0.4 is 5.32 Å². The van der Waals surface area contributed by atoms with E-state index in [1.165, 1.54) is 19.3 Å². The molecule has 0 spiro atoms. The lowest BCUT2D eigenvalue weighted by molar-refractivity contribution is 0.150. The molecule has 17 heavy (non-hydrogen) atoms. The van der Waals surface area contributed by atoms with Crippen LogP contribution in [0.3, 0.4) is 0 Å². The van der Waals surface area contributed by atoms with Gasteiger partial charge in [-0.25, -0.2) is 0 Å². The molecule has 0 aromatic rings. The third-order valence-corrected chi connectivity index (χ3v) is 4.44. The quantitative estimate of drug-likeness (QED) is 0.748. The van der Waals surface area contributed by atoms with E-state index in [0.29, 0.717) is 18.7 Å². The van der Waals surface area contributed by atoms with E-state index in [-0.39, 0.29) is 0 Å². The highest BCUT2D eigenvalue weighted by Crippen LogP contribution is 2.33. The van der Waals surface area contributed by atoms with Gasteiger partial charge in [-0.2, -0.15) is 0 Å². The molecule has 4 unspecified atom stereocenters. The Hall–Kier alpha value is -0.0800. The molecule has 0 amide bonds. The normalized spacial score (nSPS) is 31.8. The maximum absolute atomic E-state index is 9.08. The van der Waals surface area contributed by atoms with E-state index in [0.717, 1.165) is 30.6 Å². The third kappa shape index (κ3) is 4.59. The summed E-state index contributed by atoms with van der Waals surface area (Å²) >= 11 is 0. The zero-order valence-electron chi connectivity index (χ0n) is 12.1. The van der Waals surface area contributed by atoms with Crippen LogP contribution in [0.25, 0.3) is 0 Å². The summed E-state index contributed by atoms with van der Waals surface area (Å²) in [5.41, 5.74) is 0. The van der Waals surface area contributed by atoms with E-state index in [1.807, 2.05) is 0 Å². The average molecular weight is 241 g/mol. The van der Waals surface area contributed by atoms with Crippen LogP contribution in [0.2, 0.25) is 0 Å². The summed E-state index contributed by atoms with van der Waals surface area (Å²) in [5.74, 6) is 2.44. The van der Waals surface area contributed by atoms with Crippen molar-refractivity contribution < 1.29 is 5.11 Å². The van der Waals surface area contributed by atoms with Crippen LogP contribution in [0, 0.1) is 17.8 Å². The smallest absolute Gasteiger partial charge is 0.0445 e. The van der Waals surface area contributed by atoms with Gasteiger partial charge in [0.1, 0.15) is 0 Å². The predicted molar refractivity (Wildman–Crippen MR) is 74.0 cm³/mol. The minimum Gasteiger partial charge on any atom is -0.396 e. The van der Waals surface area contributed by atoms with Crippen LogP contribution in [-0.2, 0) is 0 Å². The molecule has 2 N–H and O–H groups in total. The van der Waals surface area contributed by atoms with E-state index in [4.69, 9.17) is 5.11 Å². The fourth-order valence-corrected chi connectivity index (χ4v) is 3.26. The Labute approximate surface area is 107 Å². The minimum atomic E-state index is 0.306. The highest BCUT2D eigenvalue weighted by Gasteiger charge is 2.31. The van der Waals surface area contributed by atoms with E-state index in [9.17, 15) is 0 Å². The first-order valence-corrected chi connectivity index (χ1v) is 7.45. The van der Waals surface area contributed by atoms with Gasteiger partial charge in [0, 0.05) is 18.7 Å². The fraction of sp³-hybridized carbons (Fsp3) is 1.00. The Bertz CT molecular complexity index is 205. The topological polar surface area (TPSA) is 32.3 Å². The predicted octanol–water partition coefficient (Wildman–Crippen LogP) is 3.20. The molecule has 0 bridgehead atoms. The van der Waals surface area contributed by atoms with Crippen molar-refractivity contribution in [2.24, 2.45) is 17.8 Å². The van der Waals surface area contributed by atoms with Crippen molar-refractivity contribution in [2.45, 2.75) is 71.9 Å². The Morgan fingerprint density at radius 3 is 2.53 bits per heavy atom. The van der Waals surface area contributed by atoms with Crippen LogP contribution >= 0.6 is 0 Å². The molecule has 0 aliphatic heterocycles. The van der Waals surface area contributed by atoms with Crippen molar-refractivity contribution in [1.82, 2.24) is 5.32 Å². The van der Waals surface area contributed by atoms with Gasteiger partial charge >= 0.3 is 0 Å². The van der Waals surface area contributed by atoms with Crippen molar-refractivity contribution in [3.05, 3.63) is 0 Å². The summed E-state index contributed by atoms with van der Waals surface area (Å²) in [4.78, 5) is 0. The molecule has 2 heteroatoms. The summed E-state index contributed by atoms with van der Waals surface area (Å²) in [6.07, 6.45) is 6.08. The van der Waals surface area contributed by atoms with Gasteiger partial charge in [0.15, 0.2) is 0 Å². The Balaban J connectivity index is 2.55. The summed E-state index contributed by atoms with van der Waals surface area (Å²) in [7, 11) is 0. The van der Waals surface area contributed by atoms with Crippen LogP contribution in [0.1, 0.15) is 59.8 Å². The van der Waals surface area contributed by atoms with Gasteiger partial charge in [0.2, 0.25) is 0 Å². The van der Waals surface area contributed by atoms with Crippen LogP contribution in [0.4, 0.5) is 0 Å². The van der Waals surface area contributed by atoms with Crippen LogP contribution in [0.15, 0.2) is 0 Å². The SMILES string of the molecule is CCC(CCO)NC1CC(C)CCC1C(C)C. The molecule has 1 fully saturated rings. The summed E-state index contributed by atoms with van der Waals surface area (Å²) < 4.78 is 0. The first kappa shape index (κ1) is 15.0. The first-order chi connectivity index (χ1) is 8.08. The van der Waals surface area contributed by atoms with Gasteiger partial charge in [-0.15, -0.1) is 0 Å². The molecule has 0 aromatic carbocycles. The summed E-state index contributed by atoms with van der Waals surface area (Å²) in [6, 6.07) is 1.16. The van der Waals surface area contributed by atoms with E-state index in [1.54, 1.807) is 0 Å². The third-order valence-electron chi connectivity index (χ3n) is 4.44. The summed E-state index contributed by atoms with van der Waals surface area (Å²) in [6.45, 7) is 9.59. The average Bonchev–Trinajstić information content (AvgIpc) is 2.28. The molecule has 1 rings (SSSR count). The van der Waals surface area contributed by atoms with Gasteiger partial charge in [-0.05, 0) is 43.4 Å². The largest absolute Gasteiger partial charge is 0.396 e. The molecule has 0 saturated heterocycles. The lowest BCUT2D eigenvalue weighted by Crippen LogP contribution is -2.47. The van der Waals surface area contributed by atoms with Crippen molar-refractivity contribution in [3.63, 3.8) is 0 Å². The van der Waals surface area contributed by atoms with Gasteiger partial charge in [-0.3, -0.25) is 0 Å². The Morgan fingerprint density at radius 2 is 2.00 bits per heavy atom. The molecule has 0 aromatic heterocycles. The fourth-order valence-electron chi connectivity index (χ4n) is 3.26. The molecule has 1 aliphatic carbocycles. The highest BCUT2D eigenvalue weighted by atomic mass is 16.3. The van der Waals surface area contributed by atoms with Crippen molar-refractivity contribution >= 4 is 0 Å². The number of nitrogens with one attached hydrogen (secondary N) is 1. The van der Waals surface area contributed by atoms with Gasteiger partial charge in [0.25, 0.3) is 0 Å². The van der Waals surface area contributed by atoms with E-state index in [2.05, 4.69) is 33.0 Å². The monoisotopic (exact) mass is 241 g/mol. The summed E-state index contributed by atoms with van der Waals surface area (Å²) in [5, 5.41) is 12.9. The molecular formula is C15H31NO. The minimum absolute atomic E-state index is 0.306. The zero-order valence-corrected chi connectivity index (χ0v) is 12.1. The second kappa shape index (κ2) is 7.38. The van der Waals surface area contributed by atoms with Crippen molar-refractivity contribution in [3.8, 4) is 0 Å². The van der Waals surface area contributed by atoms with E-state index >= 15 is 0 Å². The van der Waals surface area contributed by atoms with Gasteiger partial charge < -0.3 is 10.4 Å². The van der Waals surface area contributed by atoms with E-state index < -0.39 is 0 Å². The standard InChI is InChI=1S/C15H31NO/c1-5-13(8-9-17)16-15-10-12(4)6-7-14(15)11(2)3/h11-17H,5-10H2,1-4H3. The number of rotatable bonds is 6. The molecule has 0 heterocycles. The Kier molecular flexibility index (Phi) is 6.50. The second-order valence-electron chi connectivity index (χ2n) is 6.22. The van der Waals surface area contributed by atoms with Crippen LogP contribution in [0.5, 0.6) is 0 Å². The maximum atomic E-state index is 9.08. The van der Waals surface area contributed by atoms with Crippen molar-refractivity contribution in [2.75, 3.05) is 6.61 Å². The molecule has 1 saturated carbocycles. The van der Waals surface area contributed by atoms with Gasteiger partial charge in [-0.1, -0.05) is 34.1 Å². The Morgan fingerprint density at radius 1 is 1.29 bits per heavy atom. The molecule has 1 aliphatic rings. The van der Waals surface area contributed by atoms with Crippen LogP contribution in [-0.4, -0.2) is 23.8 Å². The molecular weight excluding hydrogens is 210 g/mol. The van der Waals surface area contributed by atoms with Gasteiger partial charge in [0.05, 0.1) is 0 Å². The molecule has 102 valence electrons. The molecule has 4 atom stereocenters. The van der Waals surface area contributed by atoms with Crippen molar-refractivity contribution in [1.29, 1.82) is 0 Å². The molecule has 2 nitrogen and oxygen atoms in total.